The zero-order chi connectivity index (χ0) is 14.7. The monoisotopic (exact) mass is 333 g/mol. The van der Waals surface area contributed by atoms with Gasteiger partial charge in [-0.2, -0.15) is 0 Å². The summed E-state index contributed by atoms with van der Waals surface area (Å²) in [5.41, 5.74) is 0.0967. The number of halogens is 3. The fourth-order valence-electron chi connectivity index (χ4n) is 2.19. The van der Waals surface area contributed by atoms with Crippen LogP contribution in [0, 0.1) is 17.9 Å². The maximum atomic E-state index is 11.9. The predicted octanol–water partition coefficient (Wildman–Crippen LogP) is 5.43. The topological polar surface area (TPSA) is 26.3 Å². The van der Waals surface area contributed by atoms with Crippen LogP contribution in [0.15, 0.2) is 6.07 Å². The molecule has 5 heteroatoms. The summed E-state index contributed by atoms with van der Waals surface area (Å²) in [4.78, 5) is 11.9. The van der Waals surface area contributed by atoms with Crippen LogP contribution >= 0.6 is 34.8 Å². The van der Waals surface area contributed by atoms with Crippen molar-refractivity contribution in [2.45, 2.75) is 32.6 Å². The van der Waals surface area contributed by atoms with Crippen molar-refractivity contribution >= 4 is 40.8 Å². The van der Waals surface area contributed by atoms with Crippen LogP contribution in [-0.2, 0) is 4.74 Å². The molecular formula is C15H16Cl3O2. The van der Waals surface area contributed by atoms with Crippen LogP contribution in [0.25, 0.3) is 0 Å². The Labute approximate surface area is 134 Å². The summed E-state index contributed by atoms with van der Waals surface area (Å²) in [5, 5.41) is 0.603. The van der Waals surface area contributed by atoms with E-state index in [1.54, 1.807) is 0 Å². The van der Waals surface area contributed by atoms with Crippen molar-refractivity contribution in [1.29, 1.82) is 0 Å². The Hall–Kier alpha value is -0.440. The molecule has 1 aromatic carbocycles. The summed E-state index contributed by atoms with van der Waals surface area (Å²) in [7, 11) is 0. The van der Waals surface area contributed by atoms with Gasteiger partial charge in [-0.05, 0) is 43.6 Å². The van der Waals surface area contributed by atoms with Gasteiger partial charge in [-0.25, -0.2) is 4.79 Å². The molecule has 0 aromatic heterocycles. The molecule has 1 aliphatic rings. The first kappa shape index (κ1) is 15.9. The molecule has 1 fully saturated rings. The average Bonchev–Trinajstić information content (AvgIpc) is 3.22. The normalized spacial score (nSPS) is 16.0. The Balaban J connectivity index is 1.82. The summed E-state index contributed by atoms with van der Waals surface area (Å²) in [6, 6.07) is 4.11. The minimum absolute atomic E-state index is 0.0967. The number of carbonyl (C=O) groups is 1. The molecule has 0 N–H and O–H groups in total. The fraction of sp³-hybridized carbons (Fsp3) is 0.533. The van der Waals surface area contributed by atoms with E-state index in [1.807, 2.05) is 0 Å². The van der Waals surface area contributed by atoms with Gasteiger partial charge in [-0.1, -0.05) is 41.7 Å². The van der Waals surface area contributed by atoms with Crippen LogP contribution in [0.5, 0.6) is 0 Å². The molecule has 1 unspecified atom stereocenters. The summed E-state index contributed by atoms with van der Waals surface area (Å²) >= 11 is 17.6. The number of ether oxygens (including phenoxy) is 1. The standard InChI is InChI=1S/C15H16Cl3O2/c1-9(10-4-5-10)3-2-6-20-15(19)12-7-11(16)8-13(17)14(12)18/h8-10H,2-6H2,1H3. The third-order valence-electron chi connectivity index (χ3n) is 3.59. The zero-order valence-electron chi connectivity index (χ0n) is 11.2. The van der Waals surface area contributed by atoms with E-state index in [9.17, 15) is 4.79 Å². The molecule has 0 amide bonds. The van der Waals surface area contributed by atoms with Crippen molar-refractivity contribution in [3.8, 4) is 0 Å². The highest BCUT2D eigenvalue weighted by Crippen LogP contribution is 2.38. The zero-order valence-corrected chi connectivity index (χ0v) is 13.5. The molecule has 0 saturated heterocycles. The molecular weight excluding hydrogens is 319 g/mol. The molecule has 2 rings (SSSR count). The maximum absolute atomic E-state index is 11.9. The number of benzene rings is 1. The van der Waals surface area contributed by atoms with Crippen LogP contribution in [0.1, 0.15) is 43.0 Å². The molecule has 0 bridgehead atoms. The SMILES string of the molecule is CC(CCCOC(=O)c1[c]c(Cl)cc(Cl)c1Cl)C1CC1. The second-order valence-corrected chi connectivity index (χ2v) is 6.44. The molecule has 0 spiro atoms. The number of hydrogen-bond acceptors (Lipinski definition) is 2. The van der Waals surface area contributed by atoms with E-state index in [0.29, 0.717) is 12.5 Å². The van der Waals surface area contributed by atoms with Crippen LogP contribution < -0.4 is 0 Å². The van der Waals surface area contributed by atoms with E-state index in [-0.39, 0.29) is 20.6 Å². The van der Waals surface area contributed by atoms with E-state index in [2.05, 4.69) is 13.0 Å². The molecule has 1 saturated carbocycles. The fourth-order valence-corrected chi connectivity index (χ4v) is 2.83. The first-order chi connectivity index (χ1) is 9.49. The molecule has 109 valence electrons. The van der Waals surface area contributed by atoms with E-state index < -0.39 is 5.97 Å². The lowest BCUT2D eigenvalue weighted by atomic mass is 10.0. The Bertz CT molecular complexity index is 498. The lowest BCUT2D eigenvalue weighted by Gasteiger charge is -2.10. The van der Waals surface area contributed by atoms with Gasteiger partial charge < -0.3 is 4.74 Å². The highest BCUT2D eigenvalue weighted by Gasteiger charge is 2.27. The molecule has 1 aromatic rings. The minimum atomic E-state index is -0.529. The summed E-state index contributed by atoms with van der Waals surface area (Å²) in [6.45, 7) is 2.63. The van der Waals surface area contributed by atoms with Crippen LogP contribution in [0.4, 0.5) is 0 Å². The van der Waals surface area contributed by atoms with Crippen molar-refractivity contribution in [3.63, 3.8) is 0 Å². The largest absolute Gasteiger partial charge is 0.462 e. The van der Waals surface area contributed by atoms with Crippen molar-refractivity contribution < 1.29 is 9.53 Å². The van der Waals surface area contributed by atoms with Crippen molar-refractivity contribution in [1.82, 2.24) is 0 Å². The average molecular weight is 335 g/mol. The number of esters is 1. The lowest BCUT2D eigenvalue weighted by molar-refractivity contribution is 0.0493. The van der Waals surface area contributed by atoms with E-state index in [4.69, 9.17) is 39.5 Å². The Morgan fingerprint density at radius 3 is 2.80 bits per heavy atom. The van der Waals surface area contributed by atoms with Gasteiger partial charge in [0.05, 0.1) is 27.2 Å². The molecule has 1 atom stereocenters. The number of hydrogen-bond donors (Lipinski definition) is 0. The molecule has 1 aliphatic carbocycles. The van der Waals surface area contributed by atoms with Crippen molar-refractivity contribution in [3.05, 3.63) is 32.8 Å². The maximum Gasteiger partial charge on any atom is 0.340 e. The van der Waals surface area contributed by atoms with Gasteiger partial charge in [-0.15, -0.1) is 0 Å². The van der Waals surface area contributed by atoms with Gasteiger partial charge >= 0.3 is 5.97 Å². The van der Waals surface area contributed by atoms with Gasteiger partial charge in [0.1, 0.15) is 0 Å². The summed E-state index contributed by atoms with van der Waals surface area (Å²) < 4.78 is 5.20. The molecule has 1 radical (unpaired) electrons. The second-order valence-electron chi connectivity index (χ2n) is 5.25. The van der Waals surface area contributed by atoms with Crippen molar-refractivity contribution in [2.24, 2.45) is 11.8 Å². The van der Waals surface area contributed by atoms with E-state index in [1.165, 1.54) is 18.9 Å². The molecule has 20 heavy (non-hydrogen) atoms. The minimum Gasteiger partial charge on any atom is -0.462 e. The first-order valence-corrected chi connectivity index (χ1v) is 7.86. The van der Waals surface area contributed by atoms with Gasteiger partial charge in [0.25, 0.3) is 0 Å². The van der Waals surface area contributed by atoms with Crippen LogP contribution in [0.3, 0.4) is 0 Å². The van der Waals surface area contributed by atoms with E-state index >= 15 is 0 Å². The quantitative estimate of drug-likeness (QED) is 0.394. The third kappa shape index (κ3) is 4.28. The van der Waals surface area contributed by atoms with Gasteiger partial charge in [0.2, 0.25) is 0 Å². The lowest BCUT2D eigenvalue weighted by Crippen LogP contribution is -2.09. The smallest absolute Gasteiger partial charge is 0.340 e. The Morgan fingerprint density at radius 2 is 2.15 bits per heavy atom. The molecule has 2 nitrogen and oxygen atoms in total. The third-order valence-corrected chi connectivity index (χ3v) is 4.59. The van der Waals surface area contributed by atoms with Gasteiger partial charge in [-0.3, -0.25) is 0 Å². The Kier molecular flexibility index (Phi) is 5.59. The molecule has 0 heterocycles. The molecule has 0 aliphatic heterocycles. The summed E-state index contributed by atoms with van der Waals surface area (Å²) in [6.07, 6.45) is 4.61. The Morgan fingerprint density at radius 1 is 1.45 bits per heavy atom. The van der Waals surface area contributed by atoms with Crippen LogP contribution in [-0.4, -0.2) is 12.6 Å². The van der Waals surface area contributed by atoms with Crippen molar-refractivity contribution in [2.75, 3.05) is 6.61 Å². The van der Waals surface area contributed by atoms with E-state index in [0.717, 1.165) is 18.8 Å². The highest BCUT2D eigenvalue weighted by molar-refractivity contribution is 6.44. The predicted molar refractivity (Wildman–Crippen MR) is 81.7 cm³/mol. The first-order valence-electron chi connectivity index (χ1n) is 6.73. The second kappa shape index (κ2) is 7.02. The summed E-state index contributed by atoms with van der Waals surface area (Å²) in [5.74, 6) is 1.06. The highest BCUT2D eigenvalue weighted by atomic mass is 35.5. The number of carbonyl (C=O) groups excluding carboxylic acids is 1. The van der Waals surface area contributed by atoms with Gasteiger partial charge in [0, 0.05) is 6.07 Å². The number of rotatable bonds is 6. The van der Waals surface area contributed by atoms with Crippen LogP contribution in [0.2, 0.25) is 15.1 Å². The van der Waals surface area contributed by atoms with Gasteiger partial charge in [0.15, 0.2) is 0 Å².